The Balaban J connectivity index is 1.73. The van der Waals surface area contributed by atoms with Crippen molar-refractivity contribution in [2.24, 2.45) is 0 Å². The average molecular weight is 355 g/mol. The molecule has 1 atom stereocenters. The highest BCUT2D eigenvalue weighted by Crippen LogP contribution is 2.18. The number of carbonyl (C=O) groups is 1. The van der Waals surface area contributed by atoms with Crippen LogP contribution < -0.4 is 4.74 Å². The topological polar surface area (TPSA) is 59.0 Å². The summed E-state index contributed by atoms with van der Waals surface area (Å²) in [6.07, 6.45) is 0.959. The Labute approximate surface area is 154 Å². The molecule has 0 aliphatic carbocycles. The van der Waals surface area contributed by atoms with Gasteiger partial charge in [0.25, 0.3) is 5.91 Å². The first-order valence-corrected chi connectivity index (χ1v) is 8.93. The Morgan fingerprint density at radius 3 is 2.92 bits per heavy atom. The van der Waals surface area contributed by atoms with Gasteiger partial charge in [0.05, 0.1) is 26.4 Å². The number of aliphatic hydroxyl groups is 1. The lowest BCUT2D eigenvalue weighted by Crippen LogP contribution is -2.38. The molecule has 0 bridgehead atoms. The fourth-order valence-corrected chi connectivity index (χ4v) is 3.20. The molecule has 1 saturated heterocycles. The standard InChI is InChI=1S/C21H25NO4/c1-25-19-7-4-5-16(13-19)9-10-17-6-2-3-8-20(17)21(24)22-11-12-26-15-18(23)14-22/h2-8,13,18,23H,9-12,14-15H2,1H3/t18-/m0/s1. The summed E-state index contributed by atoms with van der Waals surface area (Å²) >= 11 is 0. The summed E-state index contributed by atoms with van der Waals surface area (Å²) < 4.78 is 10.6. The molecule has 138 valence electrons. The van der Waals surface area contributed by atoms with Crippen LogP contribution in [0.1, 0.15) is 21.5 Å². The minimum absolute atomic E-state index is 0.0456. The normalized spacial score (nSPS) is 17.6. The van der Waals surface area contributed by atoms with Crippen molar-refractivity contribution in [1.29, 1.82) is 0 Å². The van der Waals surface area contributed by atoms with Gasteiger partial charge in [-0.25, -0.2) is 0 Å². The second-order valence-corrected chi connectivity index (χ2v) is 6.49. The summed E-state index contributed by atoms with van der Waals surface area (Å²) in [4.78, 5) is 14.7. The Morgan fingerprint density at radius 2 is 2.08 bits per heavy atom. The number of nitrogens with zero attached hydrogens (tertiary/aromatic N) is 1. The molecule has 1 N–H and O–H groups in total. The predicted octanol–water partition coefficient (Wildman–Crippen LogP) is 2.31. The van der Waals surface area contributed by atoms with E-state index in [2.05, 4.69) is 6.07 Å². The Kier molecular flexibility index (Phi) is 6.26. The van der Waals surface area contributed by atoms with Gasteiger partial charge < -0.3 is 19.5 Å². The van der Waals surface area contributed by atoms with E-state index < -0.39 is 6.10 Å². The van der Waals surface area contributed by atoms with Gasteiger partial charge in [-0.1, -0.05) is 30.3 Å². The average Bonchev–Trinajstić information content (AvgIpc) is 2.90. The fraction of sp³-hybridized carbons (Fsp3) is 0.381. The van der Waals surface area contributed by atoms with Crippen LogP contribution >= 0.6 is 0 Å². The van der Waals surface area contributed by atoms with E-state index in [1.54, 1.807) is 12.0 Å². The van der Waals surface area contributed by atoms with Crippen molar-refractivity contribution in [2.75, 3.05) is 33.4 Å². The quantitative estimate of drug-likeness (QED) is 0.894. The van der Waals surface area contributed by atoms with Gasteiger partial charge in [0.2, 0.25) is 0 Å². The molecule has 1 aliphatic heterocycles. The van der Waals surface area contributed by atoms with Crippen molar-refractivity contribution in [3.63, 3.8) is 0 Å². The van der Waals surface area contributed by atoms with Gasteiger partial charge in [0.1, 0.15) is 5.75 Å². The lowest BCUT2D eigenvalue weighted by Gasteiger charge is -2.22. The molecule has 0 unspecified atom stereocenters. The highest BCUT2D eigenvalue weighted by atomic mass is 16.5. The third-order valence-corrected chi connectivity index (χ3v) is 4.60. The number of methoxy groups -OCH3 is 1. The highest BCUT2D eigenvalue weighted by Gasteiger charge is 2.23. The number of aliphatic hydroxyl groups excluding tert-OH is 1. The second kappa shape index (κ2) is 8.83. The predicted molar refractivity (Wildman–Crippen MR) is 99.6 cm³/mol. The maximum atomic E-state index is 13.0. The van der Waals surface area contributed by atoms with Crippen LogP contribution in [-0.2, 0) is 17.6 Å². The van der Waals surface area contributed by atoms with Crippen molar-refractivity contribution in [1.82, 2.24) is 4.90 Å². The van der Waals surface area contributed by atoms with Crippen LogP contribution in [0.3, 0.4) is 0 Å². The zero-order valence-electron chi connectivity index (χ0n) is 15.1. The van der Waals surface area contributed by atoms with E-state index in [4.69, 9.17) is 9.47 Å². The van der Waals surface area contributed by atoms with Crippen LogP contribution in [0.4, 0.5) is 0 Å². The van der Waals surface area contributed by atoms with Crippen LogP contribution in [0.15, 0.2) is 48.5 Å². The summed E-state index contributed by atoms with van der Waals surface area (Å²) in [6.45, 7) is 1.54. The first kappa shape index (κ1) is 18.4. The lowest BCUT2D eigenvalue weighted by atomic mass is 9.98. The number of hydrogen-bond acceptors (Lipinski definition) is 4. The SMILES string of the molecule is COc1cccc(CCc2ccccc2C(=O)N2CCOC[C@@H](O)C2)c1. The minimum Gasteiger partial charge on any atom is -0.497 e. The van der Waals surface area contributed by atoms with Gasteiger partial charge in [-0.2, -0.15) is 0 Å². The molecule has 0 aromatic heterocycles. The molecule has 1 aliphatic rings. The number of β-amino-alcohol motifs (C(OH)–C–C–N with tert-alkyl or cyclic N) is 1. The Morgan fingerprint density at radius 1 is 1.23 bits per heavy atom. The number of aryl methyl sites for hydroxylation is 2. The maximum absolute atomic E-state index is 13.0. The van der Waals surface area contributed by atoms with Crippen LogP contribution in [-0.4, -0.2) is 55.4 Å². The molecule has 2 aromatic carbocycles. The van der Waals surface area contributed by atoms with Crippen molar-refractivity contribution in [2.45, 2.75) is 18.9 Å². The first-order valence-electron chi connectivity index (χ1n) is 8.93. The molecule has 26 heavy (non-hydrogen) atoms. The van der Waals surface area contributed by atoms with E-state index in [1.165, 1.54) is 5.56 Å². The second-order valence-electron chi connectivity index (χ2n) is 6.49. The van der Waals surface area contributed by atoms with Crippen LogP contribution in [0.5, 0.6) is 5.75 Å². The van der Waals surface area contributed by atoms with Gasteiger partial charge in [0.15, 0.2) is 0 Å². The number of amides is 1. The van der Waals surface area contributed by atoms with Gasteiger partial charge in [-0.05, 0) is 42.2 Å². The van der Waals surface area contributed by atoms with Gasteiger partial charge >= 0.3 is 0 Å². The summed E-state index contributed by atoms with van der Waals surface area (Å²) in [6, 6.07) is 15.7. The molecule has 2 aromatic rings. The molecule has 0 spiro atoms. The Bertz CT molecular complexity index is 746. The monoisotopic (exact) mass is 355 g/mol. The molecule has 5 heteroatoms. The summed E-state index contributed by atoms with van der Waals surface area (Å²) in [7, 11) is 1.66. The largest absolute Gasteiger partial charge is 0.497 e. The molecule has 1 fully saturated rings. The van der Waals surface area contributed by atoms with Crippen LogP contribution in [0.25, 0.3) is 0 Å². The fourth-order valence-electron chi connectivity index (χ4n) is 3.20. The minimum atomic E-state index is -0.634. The van der Waals surface area contributed by atoms with E-state index >= 15 is 0 Å². The number of carbonyl (C=O) groups excluding carboxylic acids is 1. The van der Waals surface area contributed by atoms with Crippen molar-refractivity contribution >= 4 is 5.91 Å². The summed E-state index contributed by atoms with van der Waals surface area (Å²) in [5.41, 5.74) is 2.88. The third-order valence-electron chi connectivity index (χ3n) is 4.60. The zero-order valence-corrected chi connectivity index (χ0v) is 15.1. The van der Waals surface area contributed by atoms with Crippen LogP contribution in [0, 0.1) is 0 Å². The number of hydrogen-bond donors (Lipinski definition) is 1. The lowest BCUT2D eigenvalue weighted by molar-refractivity contribution is 0.0534. The van der Waals surface area contributed by atoms with E-state index in [9.17, 15) is 9.90 Å². The van der Waals surface area contributed by atoms with Gasteiger partial charge in [-0.15, -0.1) is 0 Å². The van der Waals surface area contributed by atoms with E-state index in [-0.39, 0.29) is 12.5 Å². The number of ether oxygens (including phenoxy) is 2. The molecule has 0 radical (unpaired) electrons. The van der Waals surface area contributed by atoms with Crippen LogP contribution in [0.2, 0.25) is 0 Å². The van der Waals surface area contributed by atoms with Crippen molar-refractivity contribution in [3.05, 3.63) is 65.2 Å². The van der Waals surface area contributed by atoms with Crippen molar-refractivity contribution < 1.29 is 19.4 Å². The van der Waals surface area contributed by atoms with E-state index in [0.29, 0.717) is 25.3 Å². The van der Waals surface area contributed by atoms with E-state index in [1.807, 2.05) is 42.5 Å². The molecular formula is C21H25NO4. The molecule has 3 rings (SSSR count). The number of rotatable bonds is 5. The molecule has 1 heterocycles. The summed E-state index contributed by atoms with van der Waals surface area (Å²) in [5.74, 6) is 0.793. The molecular weight excluding hydrogens is 330 g/mol. The Hall–Kier alpha value is -2.37. The molecule has 1 amide bonds. The smallest absolute Gasteiger partial charge is 0.254 e. The summed E-state index contributed by atoms with van der Waals surface area (Å²) in [5, 5.41) is 9.90. The maximum Gasteiger partial charge on any atom is 0.254 e. The van der Waals surface area contributed by atoms with Gasteiger partial charge in [0, 0.05) is 18.7 Å². The molecule has 5 nitrogen and oxygen atoms in total. The molecule has 0 saturated carbocycles. The third kappa shape index (κ3) is 4.62. The number of benzene rings is 2. The van der Waals surface area contributed by atoms with Crippen molar-refractivity contribution in [3.8, 4) is 5.75 Å². The van der Waals surface area contributed by atoms with E-state index in [0.717, 1.165) is 24.2 Å². The first-order chi connectivity index (χ1) is 12.7. The highest BCUT2D eigenvalue weighted by molar-refractivity contribution is 5.95. The van der Waals surface area contributed by atoms with Gasteiger partial charge in [-0.3, -0.25) is 4.79 Å². The zero-order chi connectivity index (χ0) is 18.4.